The molecule has 3 heteroatoms. The molecule has 98 valence electrons. The molecule has 18 heavy (non-hydrogen) atoms. The normalized spacial score (nSPS) is 27.2. The number of benzene rings is 1. The summed E-state index contributed by atoms with van der Waals surface area (Å²) in [6, 6.07) is 6.44. The Labute approximate surface area is 108 Å². The van der Waals surface area contributed by atoms with Gasteiger partial charge in [0.2, 0.25) is 0 Å². The second kappa shape index (κ2) is 4.56. The maximum absolute atomic E-state index is 10.5. The minimum atomic E-state index is -0.482. The second-order valence-electron chi connectivity index (χ2n) is 5.75. The monoisotopic (exact) mass is 247 g/mol. The summed E-state index contributed by atoms with van der Waals surface area (Å²) in [5, 5.41) is 10.5. The number of aryl methyl sites for hydroxylation is 1. The van der Waals surface area contributed by atoms with Crippen molar-refractivity contribution in [2.75, 3.05) is 26.7 Å². The first-order valence-corrected chi connectivity index (χ1v) is 6.80. The first-order valence-electron chi connectivity index (χ1n) is 6.80. The van der Waals surface area contributed by atoms with E-state index in [-0.39, 0.29) is 0 Å². The molecule has 2 heterocycles. The molecule has 2 aliphatic rings. The van der Waals surface area contributed by atoms with Gasteiger partial charge >= 0.3 is 0 Å². The van der Waals surface area contributed by atoms with Crippen molar-refractivity contribution in [2.45, 2.75) is 31.3 Å². The number of rotatable bonds is 3. The molecule has 1 aromatic carbocycles. The lowest BCUT2D eigenvalue weighted by Crippen LogP contribution is -2.32. The number of likely N-dealkylation sites (N-methyl/N-ethyl adjacent to an activating group) is 1. The lowest BCUT2D eigenvalue weighted by atomic mass is 9.93. The van der Waals surface area contributed by atoms with Crippen molar-refractivity contribution in [3.05, 3.63) is 29.3 Å². The van der Waals surface area contributed by atoms with Crippen LogP contribution in [0.5, 0.6) is 5.75 Å². The van der Waals surface area contributed by atoms with Crippen LogP contribution in [-0.2, 0) is 12.8 Å². The fourth-order valence-corrected chi connectivity index (χ4v) is 3.04. The molecule has 1 N–H and O–H groups in total. The van der Waals surface area contributed by atoms with E-state index in [4.69, 9.17) is 4.74 Å². The van der Waals surface area contributed by atoms with Crippen LogP contribution in [0.3, 0.4) is 0 Å². The Morgan fingerprint density at radius 3 is 3.11 bits per heavy atom. The van der Waals surface area contributed by atoms with Gasteiger partial charge in [-0.15, -0.1) is 0 Å². The van der Waals surface area contributed by atoms with E-state index in [0.717, 1.165) is 51.1 Å². The van der Waals surface area contributed by atoms with Crippen LogP contribution in [0, 0.1) is 0 Å². The summed E-state index contributed by atoms with van der Waals surface area (Å²) in [7, 11) is 2.07. The summed E-state index contributed by atoms with van der Waals surface area (Å²) in [6.07, 6.45) is 3.74. The molecular formula is C15H21NO2. The van der Waals surface area contributed by atoms with Gasteiger partial charge in [0, 0.05) is 19.5 Å². The zero-order valence-electron chi connectivity index (χ0n) is 11.0. The summed E-state index contributed by atoms with van der Waals surface area (Å²) in [6.45, 7) is 2.63. The summed E-state index contributed by atoms with van der Waals surface area (Å²) in [4.78, 5) is 2.20. The molecule has 3 rings (SSSR count). The number of aliphatic hydroxyl groups is 1. The Balaban J connectivity index is 1.63. The lowest BCUT2D eigenvalue weighted by Gasteiger charge is -2.22. The molecule has 0 aromatic heterocycles. The average Bonchev–Trinajstić information content (AvgIpc) is 2.93. The van der Waals surface area contributed by atoms with E-state index < -0.39 is 5.60 Å². The van der Waals surface area contributed by atoms with E-state index >= 15 is 0 Å². The van der Waals surface area contributed by atoms with Crippen LogP contribution in [0.2, 0.25) is 0 Å². The smallest absolute Gasteiger partial charge is 0.122 e. The topological polar surface area (TPSA) is 32.7 Å². The van der Waals surface area contributed by atoms with Crippen LogP contribution in [0.1, 0.15) is 24.0 Å². The Hall–Kier alpha value is -1.06. The maximum Gasteiger partial charge on any atom is 0.122 e. The van der Waals surface area contributed by atoms with Crippen LogP contribution in [0.15, 0.2) is 18.2 Å². The van der Waals surface area contributed by atoms with E-state index in [0.29, 0.717) is 0 Å². The molecular weight excluding hydrogens is 226 g/mol. The van der Waals surface area contributed by atoms with Crippen molar-refractivity contribution >= 4 is 0 Å². The molecule has 0 saturated carbocycles. The minimum Gasteiger partial charge on any atom is -0.493 e. The summed E-state index contributed by atoms with van der Waals surface area (Å²) in [5.41, 5.74) is 2.16. The zero-order valence-corrected chi connectivity index (χ0v) is 11.0. The third kappa shape index (κ3) is 2.38. The summed E-state index contributed by atoms with van der Waals surface area (Å²) >= 11 is 0. The molecule has 1 fully saturated rings. The third-order valence-corrected chi connectivity index (χ3v) is 4.16. The van der Waals surface area contributed by atoms with Crippen molar-refractivity contribution in [3.63, 3.8) is 0 Å². The minimum absolute atomic E-state index is 0.482. The first kappa shape index (κ1) is 12.0. The Kier molecular flexibility index (Phi) is 3.04. The van der Waals surface area contributed by atoms with Gasteiger partial charge in [-0.2, -0.15) is 0 Å². The van der Waals surface area contributed by atoms with E-state index in [1.807, 2.05) is 0 Å². The molecule has 2 aliphatic heterocycles. The van der Waals surface area contributed by atoms with Crippen molar-refractivity contribution in [3.8, 4) is 5.75 Å². The van der Waals surface area contributed by atoms with Gasteiger partial charge in [0.05, 0.1) is 12.2 Å². The highest BCUT2D eigenvalue weighted by Crippen LogP contribution is 2.29. The van der Waals surface area contributed by atoms with Crippen molar-refractivity contribution in [1.29, 1.82) is 0 Å². The highest BCUT2D eigenvalue weighted by Gasteiger charge is 2.33. The SMILES string of the molecule is CN1CCC(O)(CCc2ccc3c(c2)CCO3)C1. The van der Waals surface area contributed by atoms with Gasteiger partial charge < -0.3 is 14.7 Å². The number of hydrogen-bond acceptors (Lipinski definition) is 3. The average molecular weight is 247 g/mol. The molecule has 1 saturated heterocycles. The number of hydrogen-bond donors (Lipinski definition) is 1. The molecule has 3 nitrogen and oxygen atoms in total. The number of likely N-dealkylation sites (tertiary alicyclic amines) is 1. The standard InChI is InChI=1S/C15H21NO2/c1-16-8-7-15(17,11-16)6-4-12-2-3-14-13(10-12)5-9-18-14/h2-3,10,17H,4-9,11H2,1H3. The highest BCUT2D eigenvalue weighted by atomic mass is 16.5. The van der Waals surface area contributed by atoms with Gasteiger partial charge in [-0.05, 0) is 43.5 Å². The van der Waals surface area contributed by atoms with Crippen LogP contribution >= 0.6 is 0 Å². The molecule has 0 bridgehead atoms. The van der Waals surface area contributed by atoms with E-state index in [9.17, 15) is 5.11 Å². The maximum atomic E-state index is 10.5. The number of β-amino-alcohol motifs (C(OH)–C–C–N with tert-alkyl or cyclic N) is 1. The Bertz CT molecular complexity index is 446. The number of fused-ring (bicyclic) bond motifs is 1. The van der Waals surface area contributed by atoms with E-state index in [1.54, 1.807) is 0 Å². The number of ether oxygens (including phenoxy) is 1. The molecule has 1 aromatic rings. The third-order valence-electron chi connectivity index (χ3n) is 4.16. The first-order chi connectivity index (χ1) is 8.65. The Morgan fingerprint density at radius 2 is 2.33 bits per heavy atom. The Morgan fingerprint density at radius 1 is 1.44 bits per heavy atom. The predicted octanol–water partition coefficient (Wildman–Crippen LogP) is 1.62. The summed E-state index contributed by atoms with van der Waals surface area (Å²) in [5.74, 6) is 1.04. The molecule has 0 radical (unpaired) electrons. The van der Waals surface area contributed by atoms with Crippen molar-refractivity contribution < 1.29 is 9.84 Å². The number of nitrogens with zero attached hydrogens (tertiary/aromatic N) is 1. The van der Waals surface area contributed by atoms with Gasteiger partial charge in [0.15, 0.2) is 0 Å². The summed E-state index contributed by atoms with van der Waals surface area (Å²) < 4.78 is 5.51. The molecule has 0 amide bonds. The van der Waals surface area contributed by atoms with Gasteiger partial charge in [-0.1, -0.05) is 12.1 Å². The molecule has 0 spiro atoms. The van der Waals surface area contributed by atoms with Crippen LogP contribution < -0.4 is 4.74 Å². The molecule has 1 atom stereocenters. The molecule has 1 unspecified atom stereocenters. The molecule has 0 aliphatic carbocycles. The predicted molar refractivity (Wildman–Crippen MR) is 71.0 cm³/mol. The second-order valence-corrected chi connectivity index (χ2v) is 5.75. The van der Waals surface area contributed by atoms with Gasteiger partial charge in [0.25, 0.3) is 0 Å². The van der Waals surface area contributed by atoms with Gasteiger partial charge in [0.1, 0.15) is 5.75 Å². The van der Waals surface area contributed by atoms with Gasteiger partial charge in [-0.3, -0.25) is 0 Å². The van der Waals surface area contributed by atoms with E-state index in [1.165, 1.54) is 11.1 Å². The zero-order chi connectivity index (χ0) is 12.6. The quantitative estimate of drug-likeness (QED) is 0.881. The van der Waals surface area contributed by atoms with Crippen molar-refractivity contribution in [1.82, 2.24) is 4.90 Å². The van der Waals surface area contributed by atoms with Crippen LogP contribution in [0.25, 0.3) is 0 Å². The van der Waals surface area contributed by atoms with Crippen molar-refractivity contribution in [2.24, 2.45) is 0 Å². The largest absolute Gasteiger partial charge is 0.493 e. The van der Waals surface area contributed by atoms with Crippen LogP contribution in [0.4, 0.5) is 0 Å². The van der Waals surface area contributed by atoms with Crippen LogP contribution in [-0.4, -0.2) is 42.4 Å². The lowest BCUT2D eigenvalue weighted by molar-refractivity contribution is 0.0434. The van der Waals surface area contributed by atoms with Gasteiger partial charge in [-0.25, -0.2) is 0 Å². The fraction of sp³-hybridized carbons (Fsp3) is 0.600. The highest BCUT2D eigenvalue weighted by molar-refractivity contribution is 5.39. The fourth-order valence-electron chi connectivity index (χ4n) is 3.04. The van der Waals surface area contributed by atoms with E-state index in [2.05, 4.69) is 30.1 Å².